The molecule has 9 heteroatoms. The lowest BCUT2D eigenvalue weighted by atomic mass is 9.99. The van der Waals surface area contributed by atoms with Crippen LogP contribution in [0.25, 0.3) is 0 Å². The quantitative estimate of drug-likeness (QED) is 0.476. The summed E-state index contributed by atoms with van der Waals surface area (Å²) in [5.74, 6) is 1.54. The van der Waals surface area contributed by atoms with Gasteiger partial charge in [0.05, 0.1) is 20.9 Å². The summed E-state index contributed by atoms with van der Waals surface area (Å²) in [6.07, 6.45) is 0.955. The molecule has 4 rings (SSSR count). The van der Waals surface area contributed by atoms with Gasteiger partial charge in [0.15, 0.2) is 15.5 Å². The number of rotatable bonds is 6. The van der Waals surface area contributed by atoms with E-state index in [4.69, 9.17) is 21.7 Å². The Kier molecular flexibility index (Phi) is 6.19. The molecule has 1 aromatic heterocycles. The molecule has 0 saturated heterocycles. The Morgan fingerprint density at radius 3 is 2.66 bits per heavy atom. The van der Waals surface area contributed by atoms with Gasteiger partial charge in [-0.05, 0) is 60.1 Å². The van der Waals surface area contributed by atoms with Gasteiger partial charge in [-0.2, -0.15) is 0 Å². The zero-order chi connectivity index (χ0) is 20.4. The Morgan fingerprint density at radius 2 is 1.93 bits per heavy atom. The molecule has 0 unspecified atom stereocenters. The molecular formula is C20H21BrN4O2S2. The lowest BCUT2D eigenvalue weighted by Gasteiger charge is -2.29. The summed E-state index contributed by atoms with van der Waals surface area (Å²) in [6.45, 7) is 2.42. The van der Waals surface area contributed by atoms with E-state index >= 15 is 0 Å². The van der Waals surface area contributed by atoms with Crippen LogP contribution in [0, 0.1) is 3.95 Å². The first-order chi connectivity index (χ1) is 14.1. The second kappa shape index (κ2) is 8.83. The third-order valence-corrected chi connectivity index (χ3v) is 6.53. The van der Waals surface area contributed by atoms with Gasteiger partial charge in [0.1, 0.15) is 0 Å². The van der Waals surface area contributed by atoms with Crippen molar-refractivity contribution in [1.82, 2.24) is 14.7 Å². The van der Waals surface area contributed by atoms with Crippen molar-refractivity contribution in [3.8, 4) is 11.5 Å². The van der Waals surface area contributed by atoms with Crippen LogP contribution in [0.5, 0.6) is 11.5 Å². The fourth-order valence-electron chi connectivity index (χ4n) is 3.39. The first-order valence-corrected chi connectivity index (χ1v) is 11.1. The molecular weight excluding hydrogens is 472 g/mol. The number of fused-ring (bicyclic) bond motifs is 1. The fourth-order valence-corrected chi connectivity index (χ4v) is 4.80. The standard InChI is InChI=1S/C20H21BrN4O2S2/c1-26-17-8-13-6-7-24(11-14(13)9-18(17)27-2)12-25-20(28)29-19(23-25)22-16-5-3-4-15(21)10-16/h3-5,8-10H,6-7,11-12H2,1-2H3,(H,22,23). The summed E-state index contributed by atoms with van der Waals surface area (Å²) in [4.78, 5) is 2.34. The molecule has 0 radical (unpaired) electrons. The summed E-state index contributed by atoms with van der Waals surface area (Å²) < 4.78 is 14.5. The summed E-state index contributed by atoms with van der Waals surface area (Å²) >= 11 is 10.5. The minimum atomic E-state index is 0.656. The minimum absolute atomic E-state index is 0.656. The maximum atomic E-state index is 5.54. The Labute approximate surface area is 187 Å². The van der Waals surface area contributed by atoms with Crippen molar-refractivity contribution in [2.24, 2.45) is 0 Å². The van der Waals surface area contributed by atoms with Gasteiger partial charge in [0, 0.05) is 23.2 Å². The van der Waals surface area contributed by atoms with E-state index in [9.17, 15) is 0 Å². The van der Waals surface area contributed by atoms with Gasteiger partial charge < -0.3 is 14.8 Å². The number of halogens is 1. The Morgan fingerprint density at radius 1 is 1.17 bits per heavy atom. The number of hydrogen-bond donors (Lipinski definition) is 1. The summed E-state index contributed by atoms with van der Waals surface area (Å²) in [5, 5.41) is 8.78. The summed E-state index contributed by atoms with van der Waals surface area (Å²) in [5.41, 5.74) is 3.53. The third-order valence-electron chi connectivity index (χ3n) is 4.81. The van der Waals surface area contributed by atoms with Gasteiger partial charge in [-0.1, -0.05) is 33.3 Å². The van der Waals surface area contributed by atoms with E-state index in [1.54, 1.807) is 14.2 Å². The van der Waals surface area contributed by atoms with Crippen LogP contribution >= 0.6 is 39.5 Å². The van der Waals surface area contributed by atoms with Crippen LogP contribution in [-0.2, 0) is 19.6 Å². The number of anilines is 2. The maximum absolute atomic E-state index is 5.54. The van der Waals surface area contributed by atoms with Crippen LogP contribution in [-0.4, -0.2) is 35.4 Å². The molecule has 1 N–H and O–H groups in total. The average Bonchev–Trinajstić information content (AvgIpc) is 3.05. The van der Waals surface area contributed by atoms with Gasteiger partial charge in [-0.25, -0.2) is 4.68 Å². The molecule has 0 atom stereocenters. The van der Waals surface area contributed by atoms with E-state index in [2.05, 4.69) is 43.4 Å². The molecule has 0 spiro atoms. The number of ether oxygens (including phenoxy) is 2. The smallest absolute Gasteiger partial charge is 0.209 e. The lowest BCUT2D eigenvalue weighted by molar-refractivity contribution is 0.188. The van der Waals surface area contributed by atoms with Crippen LogP contribution in [0.1, 0.15) is 11.1 Å². The first-order valence-electron chi connectivity index (χ1n) is 9.12. The first kappa shape index (κ1) is 20.3. The van der Waals surface area contributed by atoms with Crippen molar-refractivity contribution >= 4 is 50.3 Å². The number of methoxy groups -OCH3 is 2. The van der Waals surface area contributed by atoms with Crippen LogP contribution < -0.4 is 14.8 Å². The van der Waals surface area contributed by atoms with Crippen LogP contribution in [0.3, 0.4) is 0 Å². The van der Waals surface area contributed by atoms with Gasteiger partial charge >= 0.3 is 0 Å². The molecule has 152 valence electrons. The van der Waals surface area contributed by atoms with Crippen LogP contribution in [0.2, 0.25) is 0 Å². The largest absolute Gasteiger partial charge is 0.493 e. The highest BCUT2D eigenvalue weighted by Crippen LogP contribution is 2.33. The van der Waals surface area contributed by atoms with Gasteiger partial charge in [-0.3, -0.25) is 4.90 Å². The number of nitrogens with one attached hydrogen (secondary N) is 1. The van der Waals surface area contributed by atoms with Crippen LogP contribution in [0.4, 0.5) is 10.8 Å². The molecule has 0 fully saturated rings. The lowest BCUT2D eigenvalue weighted by Crippen LogP contribution is -2.32. The molecule has 3 aromatic rings. The normalized spacial score (nSPS) is 13.8. The SMILES string of the molecule is COc1cc2c(cc1OC)CN(Cn1nc(Nc3cccc(Br)c3)sc1=S)CC2. The molecule has 0 aliphatic carbocycles. The molecule has 1 aliphatic rings. The zero-order valence-electron chi connectivity index (χ0n) is 16.1. The maximum Gasteiger partial charge on any atom is 0.209 e. The predicted octanol–water partition coefficient (Wildman–Crippen LogP) is 5.21. The molecule has 2 aromatic carbocycles. The van der Waals surface area contributed by atoms with E-state index in [0.717, 1.165) is 50.3 Å². The van der Waals surface area contributed by atoms with Crippen molar-refractivity contribution in [2.45, 2.75) is 19.6 Å². The monoisotopic (exact) mass is 492 g/mol. The highest BCUT2D eigenvalue weighted by molar-refractivity contribution is 9.10. The molecule has 1 aliphatic heterocycles. The van der Waals surface area contributed by atoms with E-state index in [-0.39, 0.29) is 0 Å². The highest BCUT2D eigenvalue weighted by Gasteiger charge is 2.20. The zero-order valence-corrected chi connectivity index (χ0v) is 19.4. The van der Waals surface area contributed by atoms with E-state index < -0.39 is 0 Å². The Hall–Kier alpha value is -1.94. The van der Waals surface area contributed by atoms with E-state index in [1.165, 1.54) is 22.5 Å². The molecule has 0 bridgehead atoms. The molecule has 29 heavy (non-hydrogen) atoms. The van der Waals surface area contributed by atoms with Crippen molar-refractivity contribution in [1.29, 1.82) is 0 Å². The third kappa shape index (κ3) is 4.63. The summed E-state index contributed by atoms with van der Waals surface area (Å²) in [7, 11) is 3.34. The number of nitrogens with zero attached hydrogens (tertiary/aromatic N) is 3. The number of hydrogen-bond acceptors (Lipinski definition) is 7. The fraction of sp³-hybridized carbons (Fsp3) is 0.300. The second-order valence-electron chi connectivity index (χ2n) is 6.73. The molecule has 2 heterocycles. The van der Waals surface area contributed by atoms with Crippen molar-refractivity contribution in [3.63, 3.8) is 0 Å². The second-order valence-corrected chi connectivity index (χ2v) is 9.27. The van der Waals surface area contributed by atoms with E-state index in [0.29, 0.717) is 6.67 Å². The van der Waals surface area contributed by atoms with Crippen molar-refractivity contribution < 1.29 is 9.47 Å². The predicted molar refractivity (Wildman–Crippen MR) is 122 cm³/mol. The Balaban J connectivity index is 1.48. The van der Waals surface area contributed by atoms with Crippen molar-refractivity contribution in [3.05, 3.63) is 56.0 Å². The number of aromatic nitrogens is 2. The average molecular weight is 493 g/mol. The molecule has 6 nitrogen and oxygen atoms in total. The van der Waals surface area contributed by atoms with Gasteiger partial charge in [0.2, 0.25) is 5.13 Å². The molecule has 0 amide bonds. The van der Waals surface area contributed by atoms with Crippen molar-refractivity contribution in [2.75, 3.05) is 26.1 Å². The van der Waals surface area contributed by atoms with Gasteiger partial charge in [0.25, 0.3) is 0 Å². The van der Waals surface area contributed by atoms with Gasteiger partial charge in [-0.15, -0.1) is 5.10 Å². The number of benzene rings is 2. The van der Waals surface area contributed by atoms with E-state index in [1.807, 2.05) is 28.9 Å². The topological polar surface area (TPSA) is 51.6 Å². The minimum Gasteiger partial charge on any atom is -0.493 e. The summed E-state index contributed by atoms with van der Waals surface area (Å²) in [6, 6.07) is 12.1. The highest BCUT2D eigenvalue weighted by atomic mass is 79.9. The van der Waals surface area contributed by atoms with Crippen LogP contribution in [0.15, 0.2) is 40.9 Å². The molecule has 0 saturated carbocycles. The Bertz CT molecular complexity index is 1080.